The van der Waals surface area contributed by atoms with Gasteiger partial charge in [-0.2, -0.15) is 0 Å². The highest BCUT2D eigenvalue weighted by molar-refractivity contribution is 5.90. The minimum absolute atomic E-state index is 0.0641. The summed E-state index contributed by atoms with van der Waals surface area (Å²) in [5.74, 6) is 1.18. The zero-order valence-electron chi connectivity index (χ0n) is 17.7. The molecule has 1 aromatic carbocycles. The van der Waals surface area contributed by atoms with Crippen LogP contribution >= 0.6 is 0 Å². The third-order valence-corrected chi connectivity index (χ3v) is 8.42. The van der Waals surface area contributed by atoms with Gasteiger partial charge in [-0.1, -0.05) is 19.9 Å². The summed E-state index contributed by atoms with van der Waals surface area (Å²) in [6.07, 6.45) is 4.30. The fourth-order valence-corrected chi connectivity index (χ4v) is 6.79. The number of carbonyl (C=O) groups excluding carboxylic acids is 2. The fraction of sp³-hybridized carbons (Fsp3) is 0.667. The Morgan fingerprint density at radius 1 is 1.33 bits per heavy atom. The van der Waals surface area contributed by atoms with E-state index in [1.807, 2.05) is 12.1 Å². The number of hydrogen-bond donors (Lipinski definition) is 2. The third kappa shape index (κ3) is 2.27. The Hall–Kier alpha value is -1.92. The van der Waals surface area contributed by atoms with Crippen LogP contribution < -0.4 is 14.4 Å². The molecule has 3 unspecified atom stereocenters. The molecule has 1 saturated heterocycles. The molecule has 6 nitrogen and oxygen atoms in total. The molecule has 1 aromatic rings. The van der Waals surface area contributed by atoms with E-state index in [1.54, 1.807) is 13.8 Å². The molecule has 160 valence electrons. The molecule has 30 heavy (non-hydrogen) atoms. The number of benzene rings is 1. The van der Waals surface area contributed by atoms with Crippen molar-refractivity contribution in [2.24, 2.45) is 11.8 Å². The molecule has 0 amide bonds. The quantitative estimate of drug-likeness (QED) is 0.569. The van der Waals surface area contributed by atoms with E-state index >= 15 is 0 Å². The second-order valence-electron chi connectivity index (χ2n) is 10.4. The summed E-state index contributed by atoms with van der Waals surface area (Å²) < 4.78 is 12.0. The molecule has 3 fully saturated rings. The van der Waals surface area contributed by atoms with Gasteiger partial charge < -0.3 is 19.5 Å². The van der Waals surface area contributed by atoms with Crippen molar-refractivity contribution in [3.63, 3.8) is 0 Å². The Bertz CT molecular complexity index is 953. The monoisotopic (exact) mass is 412 g/mol. The first-order valence-corrected chi connectivity index (χ1v) is 11.5. The Labute approximate surface area is 176 Å². The SMILES string of the molecule is CC(C)C(=O)Oc1ccc2c3c1O[C@H]1C(=O)CC[C@@]4(O)C(C2)[NH+](CC2CC2)CCC314. The van der Waals surface area contributed by atoms with Crippen LogP contribution in [-0.2, 0) is 21.4 Å². The van der Waals surface area contributed by atoms with Gasteiger partial charge in [-0.05, 0) is 30.9 Å². The summed E-state index contributed by atoms with van der Waals surface area (Å²) in [6, 6.07) is 3.93. The van der Waals surface area contributed by atoms with Crippen molar-refractivity contribution >= 4 is 11.8 Å². The number of piperidine rings is 1. The van der Waals surface area contributed by atoms with E-state index in [2.05, 4.69) is 0 Å². The van der Waals surface area contributed by atoms with Gasteiger partial charge in [0.25, 0.3) is 0 Å². The average molecular weight is 413 g/mol. The Kier molecular flexibility index (Phi) is 3.81. The van der Waals surface area contributed by atoms with Gasteiger partial charge in [0.05, 0.1) is 24.4 Å². The highest BCUT2D eigenvalue weighted by Crippen LogP contribution is 2.63. The predicted molar refractivity (Wildman–Crippen MR) is 108 cm³/mol. The summed E-state index contributed by atoms with van der Waals surface area (Å²) in [6.45, 7) is 5.66. The van der Waals surface area contributed by atoms with Gasteiger partial charge in [0, 0.05) is 30.7 Å². The van der Waals surface area contributed by atoms with Crippen LogP contribution in [0.3, 0.4) is 0 Å². The minimum Gasteiger partial charge on any atom is -0.477 e. The van der Waals surface area contributed by atoms with Gasteiger partial charge in [0.1, 0.15) is 11.6 Å². The Morgan fingerprint density at radius 3 is 2.87 bits per heavy atom. The van der Waals surface area contributed by atoms with Crippen molar-refractivity contribution in [3.8, 4) is 11.5 Å². The topological polar surface area (TPSA) is 77.3 Å². The highest BCUT2D eigenvalue weighted by atomic mass is 16.6. The van der Waals surface area contributed by atoms with E-state index in [0.717, 1.165) is 43.0 Å². The first-order chi connectivity index (χ1) is 14.3. The number of hydrogen-bond acceptors (Lipinski definition) is 5. The number of ether oxygens (including phenoxy) is 2. The van der Waals surface area contributed by atoms with Crippen LogP contribution in [0.4, 0.5) is 0 Å². The van der Waals surface area contributed by atoms with Gasteiger partial charge in [-0.3, -0.25) is 9.59 Å². The first-order valence-electron chi connectivity index (χ1n) is 11.5. The summed E-state index contributed by atoms with van der Waals surface area (Å²) in [5.41, 5.74) is 0.434. The lowest BCUT2D eigenvalue weighted by molar-refractivity contribution is -0.943. The number of esters is 1. The van der Waals surface area contributed by atoms with Gasteiger partial charge in [-0.25, -0.2) is 0 Å². The fourth-order valence-electron chi connectivity index (χ4n) is 6.79. The molecule has 2 aliphatic heterocycles. The van der Waals surface area contributed by atoms with Crippen molar-refractivity contribution in [2.45, 2.75) is 75.5 Å². The standard InChI is InChI=1S/C24H29NO5/c1-13(2)22(27)29-17-6-5-15-11-18-24(28)8-7-16(26)21-23(24,19(15)20(17)30-21)9-10-25(18)12-14-3-4-14/h5-6,13-14,18,21,28H,3-4,7-12H2,1-2H3/p+1/t18?,21-,23?,24+/m0/s1. The van der Waals surface area contributed by atoms with Crippen molar-refractivity contribution in [2.75, 3.05) is 13.1 Å². The number of Topliss-reactive ketones (excluding diaryl/α,β-unsaturated/α-hetero) is 1. The second kappa shape index (κ2) is 6.07. The molecule has 0 aromatic heterocycles. The number of aliphatic hydroxyl groups is 1. The second-order valence-corrected chi connectivity index (χ2v) is 10.4. The molecule has 6 rings (SSSR count). The lowest BCUT2D eigenvalue weighted by atomic mass is 9.49. The Balaban J connectivity index is 1.50. The normalized spacial score (nSPS) is 38.3. The maximum Gasteiger partial charge on any atom is 0.313 e. The van der Waals surface area contributed by atoms with Crippen molar-refractivity contribution in [1.29, 1.82) is 0 Å². The highest BCUT2D eigenvalue weighted by Gasteiger charge is 2.75. The largest absolute Gasteiger partial charge is 0.477 e. The molecular weight excluding hydrogens is 382 g/mol. The lowest BCUT2D eigenvalue weighted by Gasteiger charge is -2.60. The predicted octanol–water partition coefficient (Wildman–Crippen LogP) is 0.964. The van der Waals surface area contributed by atoms with Gasteiger partial charge >= 0.3 is 5.97 Å². The van der Waals surface area contributed by atoms with Crippen LogP contribution in [0.2, 0.25) is 0 Å². The van der Waals surface area contributed by atoms with E-state index in [-0.39, 0.29) is 23.7 Å². The zero-order valence-corrected chi connectivity index (χ0v) is 17.7. The maximum absolute atomic E-state index is 13.0. The van der Waals surface area contributed by atoms with E-state index in [4.69, 9.17) is 9.47 Å². The molecular formula is C24H30NO5+. The van der Waals surface area contributed by atoms with E-state index in [0.29, 0.717) is 24.3 Å². The summed E-state index contributed by atoms with van der Waals surface area (Å²) in [5, 5.41) is 12.2. The molecule has 6 heteroatoms. The van der Waals surface area contributed by atoms with Gasteiger partial charge in [0.2, 0.25) is 0 Å². The van der Waals surface area contributed by atoms with Crippen LogP contribution in [0, 0.1) is 11.8 Å². The molecule has 2 N–H and O–H groups in total. The van der Waals surface area contributed by atoms with Gasteiger partial charge in [-0.15, -0.1) is 0 Å². The summed E-state index contributed by atoms with van der Waals surface area (Å²) in [7, 11) is 0. The van der Waals surface area contributed by atoms with Crippen LogP contribution in [-0.4, -0.2) is 47.7 Å². The van der Waals surface area contributed by atoms with Crippen LogP contribution in [0.5, 0.6) is 11.5 Å². The van der Waals surface area contributed by atoms with Gasteiger partial charge in [0.15, 0.2) is 23.4 Å². The zero-order chi connectivity index (χ0) is 20.8. The van der Waals surface area contributed by atoms with Crippen molar-refractivity contribution < 1.29 is 29.1 Å². The van der Waals surface area contributed by atoms with Crippen molar-refractivity contribution in [1.82, 2.24) is 0 Å². The molecule has 2 heterocycles. The Morgan fingerprint density at radius 2 is 2.13 bits per heavy atom. The van der Waals surface area contributed by atoms with Crippen molar-refractivity contribution in [3.05, 3.63) is 23.3 Å². The number of nitrogens with one attached hydrogen (secondary N) is 1. The van der Waals surface area contributed by atoms with Crippen LogP contribution in [0.1, 0.15) is 57.1 Å². The molecule has 3 aliphatic carbocycles. The number of quaternary nitrogens is 1. The molecule has 2 saturated carbocycles. The smallest absolute Gasteiger partial charge is 0.313 e. The lowest BCUT2D eigenvalue weighted by Crippen LogP contribution is -3.21. The number of ketones is 1. The van der Waals surface area contributed by atoms with E-state index in [9.17, 15) is 14.7 Å². The third-order valence-electron chi connectivity index (χ3n) is 8.42. The first kappa shape index (κ1) is 18.8. The molecule has 0 radical (unpaired) electrons. The average Bonchev–Trinajstić information content (AvgIpc) is 3.45. The number of rotatable bonds is 4. The van der Waals surface area contributed by atoms with Crippen LogP contribution in [0.15, 0.2) is 12.1 Å². The van der Waals surface area contributed by atoms with E-state index < -0.39 is 17.1 Å². The number of carbonyl (C=O) groups is 2. The minimum atomic E-state index is -0.951. The van der Waals surface area contributed by atoms with Crippen LogP contribution in [0.25, 0.3) is 0 Å². The molecule has 1 spiro atoms. The molecule has 5 aliphatic rings. The maximum atomic E-state index is 13.0. The summed E-state index contributed by atoms with van der Waals surface area (Å²) >= 11 is 0. The number of likely N-dealkylation sites (tertiary alicyclic amines) is 1. The van der Waals surface area contributed by atoms with E-state index in [1.165, 1.54) is 17.7 Å². The summed E-state index contributed by atoms with van der Waals surface area (Å²) in [4.78, 5) is 26.8. The molecule has 5 atom stereocenters. The molecule has 2 bridgehead atoms.